The molecule has 2 aromatic heterocycles. The molecule has 7 rings (SSSR count). The smallest absolute Gasteiger partial charge is 0.394 e. The highest BCUT2D eigenvalue weighted by Gasteiger charge is 2.66. The highest BCUT2D eigenvalue weighted by atomic mass is 19.4. The van der Waals surface area contributed by atoms with E-state index in [1.54, 1.807) is 42.5 Å². The van der Waals surface area contributed by atoms with Crippen LogP contribution in [0.5, 0.6) is 5.75 Å². The largest absolute Gasteiger partial charge is 0.460 e. The molecule has 47 heavy (non-hydrogen) atoms. The minimum atomic E-state index is -4.32. The van der Waals surface area contributed by atoms with Crippen molar-refractivity contribution >= 4 is 16.9 Å². The van der Waals surface area contributed by atoms with Crippen LogP contribution in [0.2, 0.25) is 0 Å². The van der Waals surface area contributed by atoms with Crippen molar-refractivity contribution in [3.8, 4) is 16.9 Å². The second kappa shape index (κ2) is 10.5. The standard InChI is InChI=1S/C35H38F4N6O2/c1-19(36)47-27-9-7-8-22-28(27)25-13-26(44(6)30(22)46)29-43-23-11-10-20(12-24(23)45(25)29)21-14-40-31(41-15-21)34(42-18-32(2,3)4)16-33(5,17-34)35(37,38)39/h7-12,14-15,19,25-26,42H,13,16-18H2,1-6H3/t19?,25-,26-,33?,34?/m0/s1. The number of alkyl halides is 4. The maximum absolute atomic E-state index is 14.1. The number of benzene rings is 2. The lowest BCUT2D eigenvalue weighted by atomic mass is 9.57. The first-order chi connectivity index (χ1) is 22.0. The molecule has 12 heteroatoms. The summed E-state index contributed by atoms with van der Waals surface area (Å²) in [4.78, 5) is 29.4. The van der Waals surface area contributed by atoms with Gasteiger partial charge in [0.05, 0.1) is 34.1 Å². The Balaban J connectivity index is 1.26. The zero-order valence-corrected chi connectivity index (χ0v) is 27.2. The van der Waals surface area contributed by atoms with E-state index < -0.39 is 23.5 Å². The fourth-order valence-electron chi connectivity index (χ4n) is 7.54. The molecule has 3 aliphatic rings. The summed E-state index contributed by atoms with van der Waals surface area (Å²) in [5.41, 5.74) is 1.25. The summed E-state index contributed by atoms with van der Waals surface area (Å²) in [6, 6.07) is 10.3. The first-order valence-corrected chi connectivity index (χ1v) is 15.9. The van der Waals surface area contributed by atoms with Crippen LogP contribution in [-0.4, -0.2) is 56.5 Å². The molecule has 1 aliphatic carbocycles. The van der Waals surface area contributed by atoms with E-state index in [4.69, 9.17) is 9.72 Å². The highest BCUT2D eigenvalue weighted by Crippen LogP contribution is 2.61. The molecule has 1 saturated carbocycles. The van der Waals surface area contributed by atoms with Gasteiger partial charge in [-0.2, -0.15) is 13.2 Å². The van der Waals surface area contributed by atoms with Gasteiger partial charge in [0.1, 0.15) is 17.4 Å². The Labute approximate surface area is 270 Å². The molecule has 2 aromatic carbocycles. The summed E-state index contributed by atoms with van der Waals surface area (Å²) in [7, 11) is 1.76. The summed E-state index contributed by atoms with van der Waals surface area (Å²) in [5, 5.41) is 3.38. The Hall–Kier alpha value is -4.06. The summed E-state index contributed by atoms with van der Waals surface area (Å²) >= 11 is 0. The van der Waals surface area contributed by atoms with Gasteiger partial charge in [0, 0.05) is 56.0 Å². The van der Waals surface area contributed by atoms with Crippen molar-refractivity contribution in [1.29, 1.82) is 0 Å². The van der Waals surface area contributed by atoms with Gasteiger partial charge in [0.15, 0.2) is 0 Å². The minimum Gasteiger partial charge on any atom is -0.460 e. The van der Waals surface area contributed by atoms with Crippen LogP contribution in [-0.2, 0) is 5.54 Å². The summed E-state index contributed by atoms with van der Waals surface area (Å²) in [6.45, 7) is 9.17. The number of nitrogens with one attached hydrogen (secondary N) is 1. The molecule has 1 amide bonds. The number of nitrogens with zero attached hydrogens (tertiary/aromatic N) is 5. The Bertz CT molecular complexity index is 1870. The number of rotatable bonds is 6. The first kappa shape index (κ1) is 31.5. The molecular weight excluding hydrogens is 612 g/mol. The quantitative estimate of drug-likeness (QED) is 0.218. The molecule has 1 unspecified atom stereocenters. The van der Waals surface area contributed by atoms with Crippen molar-refractivity contribution in [2.75, 3.05) is 13.6 Å². The van der Waals surface area contributed by atoms with Crippen LogP contribution < -0.4 is 10.1 Å². The fourth-order valence-corrected chi connectivity index (χ4v) is 7.54. The normalized spacial score (nSPS) is 26.1. The number of fused-ring (bicyclic) bond motifs is 9. The van der Waals surface area contributed by atoms with Crippen LogP contribution in [0, 0.1) is 10.8 Å². The third-order valence-electron chi connectivity index (χ3n) is 9.92. The molecule has 1 N–H and O–H groups in total. The highest BCUT2D eigenvalue weighted by molar-refractivity contribution is 5.98. The summed E-state index contributed by atoms with van der Waals surface area (Å²) in [5.74, 6) is 1.24. The van der Waals surface area contributed by atoms with Crippen LogP contribution in [0.15, 0.2) is 48.8 Å². The van der Waals surface area contributed by atoms with Crippen LogP contribution in [0.4, 0.5) is 17.6 Å². The van der Waals surface area contributed by atoms with Gasteiger partial charge in [0.2, 0.25) is 6.36 Å². The molecule has 0 radical (unpaired) electrons. The third-order valence-corrected chi connectivity index (χ3v) is 9.92. The lowest BCUT2D eigenvalue weighted by molar-refractivity contribution is -0.266. The van der Waals surface area contributed by atoms with Gasteiger partial charge in [-0.25, -0.2) is 19.3 Å². The molecule has 8 nitrogen and oxygen atoms in total. The van der Waals surface area contributed by atoms with Crippen molar-refractivity contribution in [2.45, 2.75) is 84.0 Å². The number of hydrogen-bond donors (Lipinski definition) is 1. The van der Waals surface area contributed by atoms with E-state index in [0.29, 0.717) is 41.2 Å². The van der Waals surface area contributed by atoms with Crippen molar-refractivity contribution in [1.82, 2.24) is 29.7 Å². The monoisotopic (exact) mass is 650 g/mol. The Morgan fingerprint density at radius 1 is 1.06 bits per heavy atom. The maximum Gasteiger partial charge on any atom is 0.394 e. The number of aromatic nitrogens is 4. The Kier molecular flexibility index (Phi) is 7.02. The van der Waals surface area contributed by atoms with Crippen LogP contribution in [0.1, 0.15) is 93.5 Å². The molecule has 2 bridgehead atoms. The van der Waals surface area contributed by atoms with Gasteiger partial charge in [-0.15, -0.1) is 0 Å². The number of carbonyl (C=O) groups is 1. The van der Waals surface area contributed by atoms with Crippen molar-refractivity contribution < 1.29 is 27.1 Å². The van der Waals surface area contributed by atoms with Gasteiger partial charge >= 0.3 is 6.18 Å². The van der Waals surface area contributed by atoms with Gasteiger partial charge in [-0.1, -0.05) is 39.8 Å². The lowest BCUT2D eigenvalue weighted by Gasteiger charge is -2.55. The maximum atomic E-state index is 14.1. The molecule has 1 fully saturated rings. The summed E-state index contributed by atoms with van der Waals surface area (Å²) < 4.78 is 63.4. The van der Waals surface area contributed by atoms with Crippen LogP contribution in [0.3, 0.4) is 0 Å². The van der Waals surface area contributed by atoms with Gasteiger partial charge < -0.3 is 19.5 Å². The molecule has 0 saturated heterocycles. The zero-order chi connectivity index (χ0) is 33.7. The summed E-state index contributed by atoms with van der Waals surface area (Å²) in [6.07, 6.45) is -2.27. The topological polar surface area (TPSA) is 85.2 Å². The van der Waals surface area contributed by atoms with Crippen LogP contribution >= 0.6 is 0 Å². The molecule has 248 valence electrons. The van der Waals surface area contributed by atoms with E-state index in [2.05, 4.69) is 19.9 Å². The molecule has 3 atom stereocenters. The number of imidazole rings is 1. The molecular formula is C35H38F4N6O2. The van der Waals surface area contributed by atoms with E-state index in [9.17, 15) is 22.4 Å². The van der Waals surface area contributed by atoms with Gasteiger partial charge in [-0.3, -0.25) is 4.79 Å². The van der Waals surface area contributed by atoms with E-state index in [0.717, 1.165) is 22.4 Å². The van der Waals surface area contributed by atoms with E-state index in [-0.39, 0.29) is 36.2 Å². The predicted octanol–water partition coefficient (Wildman–Crippen LogP) is 7.50. The third kappa shape index (κ3) is 5.06. The Morgan fingerprint density at radius 2 is 1.77 bits per heavy atom. The zero-order valence-electron chi connectivity index (χ0n) is 27.2. The number of amides is 1. The van der Waals surface area contributed by atoms with Crippen molar-refractivity contribution in [3.05, 3.63) is 71.6 Å². The average Bonchev–Trinajstić information content (AvgIpc) is 3.50. The Morgan fingerprint density at radius 3 is 2.40 bits per heavy atom. The second-order valence-corrected chi connectivity index (χ2v) is 14.8. The second-order valence-electron chi connectivity index (χ2n) is 14.8. The van der Waals surface area contributed by atoms with Crippen molar-refractivity contribution in [3.63, 3.8) is 0 Å². The van der Waals surface area contributed by atoms with E-state index in [1.165, 1.54) is 13.8 Å². The van der Waals surface area contributed by atoms with Crippen LogP contribution in [0.25, 0.3) is 22.2 Å². The molecule has 0 spiro atoms. The number of ether oxygens (including phenoxy) is 1. The first-order valence-electron chi connectivity index (χ1n) is 15.9. The van der Waals surface area contributed by atoms with Gasteiger partial charge in [-0.05, 0) is 48.1 Å². The average molecular weight is 651 g/mol. The fraction of sp³-hybridized carbons (Fsp3) is 0.486. The van der Waals surface area contributed by atoms with Gasteiger partial charge in [0.25, 0.3) is 5.91 Å². The molecule has 2 aliphatic heterocycles. The lowest BCUT2D eigenvalue weighted by Crippen LogP contribution is -2.63. The SMILES string of the molecule is CC(F)Oc1cccc2c1[C@@H]1C[C@@H](c3nc4ccc(-c5cnc(C6(NCC(C)(C)C)CC(C)(C(F)(F)F)C6)nc5)cc4n31)N(C)C2=O. The number of carbonyl (C=O) groups excluding carboxylic acids is 1. The van der Waals surface area contributed by atoms with E-state index >= 15 is 0 Å². The minimum absolute atomic E-state index is 0.138. The molecule has 4 aromatic rings. The molecule has 4 heterocycles. The number of hydrogen-bond acceptors (Lipinski definition) is 6. The number of halogens is 4. The van der Waals surface area contributed by atoms with Crippen molar-refractivity contribution in [2.24, 2.45) is 10.8 Å². The predicted molar refractivity (Wildman–Crippen MR) is 169 cm³/mol. The van der Waals surface area contributed by atoms with E-state index in [1.807, 2.05) is 39.0 Å².